The van der Waals surface area contributed by atoms with Crippen molar-refractivity contribution < 1.29 is 24.2 Å². The summed E-state index contributed by atoms with van der Waals surface area (Å²) in [5, 5.41) is 10.5. The maximum absolute atomic E-state index is 11.9. The van der Waals surface area contributed by atoms with E-state index < -0.39 is 29.3 Å². The lowest BCUT2D eigenvalue weighted by atomic mass is 9.85. The summed E-state index contributed by atoms with van der Waals surface area (Å²) in [7, 11) is 0. The van der Waals surface area contributed by atoms with Crippen LogP contribution in [0.5, 0.6) is 0 Å². The molecule has 0 aromatic rings. The second kappa shape index (κ2) is 6.62. The van der Waals surface area contributed by atoms with Gasteiger partial charge < -0.3 is 25.2 Å². The van der Waals surface area contributed by atoms with E-state index in [1.807, 2.05) is 0 Å². The van der Waals surface area contributed by atoms with Crippen LogP contribution in [0.25, 0.3) is 0 Å². The van der Waals surface area contributed by atoms with Gasteiger partial charge in [-0.1, -0.05) is 0 Å². The number of nitrogens with two attached hydrogens (primary N) is 1. The highest BCUT2D eigenvalue weighted by molar-refractivity contribution is 5.77. The molecule has 1 fully saturated rings. The normalized spacial score (nSPS) is 19.8. The molecular formula is C14H26N2O5. The molecule has 0 saturated carbocycles. The van der Waals surface area contributed by atoms with E-state index in [1.54, 1.807) is 27.7 Å². The number of aliphatic hydroxyl groups is 1. The number of amides is 1. The minimum Gasteiger partial charge on any atom is -0.465 e. The van der Waals surface area contributed by atoms with Gasteiger partial charge in [0.05, 0.1) is 12.2 Å². The third-order valence-electron chi connectivity index (χ3n) is 3.40. The van der Waals surface area contributed by atoms with E-state index in [2.05, 4.69) is 0 Å². The molecule has 0 aliphatic carbocycles. The monoisotopic (exact) mass is 302 g/mol. The van der Waals surface area contributed by atoms with Crippen molar-refractivity contribution in [2.24, 2.45) is 5.73 Å². The van der Waals surface area contributed by atoms with Gasteiger partial charge in [0.25, 0.3) is 0 Å². The fourth-order valence-corrected chi connectivity index (χ4v) is 2.17. The number of esters is 1. The minimum atomic E-state index is -1.34. The number of nitrogens with zero attached hydrogens (tertiary/aromatic N) is 1. The Morgan fingerprint density at radius 3 is 2.29 bits per heavy atom. The van der Waals surface area contributed by atoms with E-state index in [0.717, 1.165) is 0 Å². The first kappa shape index (κ1) is 17.7. The van der Waals surface area contributed by atoms with Crippen molar-refractivity contribution >= 4 is 12.1 Å². The van der Waals surface area contributed by atoms with Gasteiger partial charge in [-0.15, -0.1) is 0 Å². The maximum atomic E-state index is 11.9. The van der Waals surface area contributed by atoms with Crippen LogP contribution in [0.3, 0.4) is 0 Å². The summed E-state index contributed by atoms with van der Waals surface area (Å²) in [6.07, 6.45) is 0.00703. The second-order valence-corrected chi connectivity index (χ2v) is 6.30. The minimum absolute atomic E-state index is 0.215. The summed E-state index contributed by atoms with van der Waals surface area (Å²) in [6, 6.07) is -1.10. The number of rotatable bonds is 3. The lowest BCUT2D eigenvalue weighted by Gasteiger charge is -2.40. The molecule has 0 aromatic carbocycles. The standard InChI is InChI=1S/C14H26N2O5/c1-5-20-11(17)10(15)14(19)6-8-16(9-7-14)12(18)21-13(2,3)4/h10,19H,5-9,15H2,1-4H3. The average molecular weight is 302 g/mol. The van der Waals surface area contributed by atoms with Gasteiger partial charge in [-0.3, -0.25) is 4.79 Å². The first-order valence-corrected chi connectivity index (χ1v) is 7.21. The molecule has 7 nitrogen and oxygen atoms in total. The highest BCUT2D eigenvalue weighted by Crippen LogP contribution is 2.26. The molecule has 1 rings (SSSR count). The van der Waals surface area contributed by atoms with E-state index in [-0.39, 0.29) is 19.4 Å². The third-order valence-corrected chi connectivity index (χ3v) is 3.40. The van der Waals surface area contributed by atoms with Crippen molar-refractivity contribution in [3.63, 3.8) is 0 Å². The van der Waals surface area contributed by atoms with E-state index in [9.17, 15) is 14.7 Å². The lowest BCUT2D eigenvalue weighted by molar-refractivity contribution is -0.153. The number of hydrogen-bond acceptors (Lipinski definition) is 6. The molecule has 1 aliphatic heterocycles. The zero-order valence-corrected chi connectivity index (χ0v) is 13.2. The highest BCUT2D eigenvalue weighted by atomic mass is 16.6. The molecule has 1 heterocycles. The van der Waals surface area contributed by atoms with Crippen LogP contribution in [0.1, 0.15) is 40.5 Å². The first-order valence-electron chi connectivity index (χ1n) is 7.21. The van der Waals surface area contributed by atoms with Gasteiger partial charge in [0, 0.05) is 13.1 Å². The van der Waals surface area contributed by atoms with E-state index in [1.165, 1.54) is 4.90 Å². The SMILES string of the molecule is CCOC(=O)C(N)C1(O)CCN(C(=O)OC(C)(C)C)CC1. The van der Waals surface area contributed by atoms with Crippen molar-refractivity contribution in [2.45, 2.75) is 57.8 Å². The Morgan fingerprint density at radius 1 is 1.33 bits per heavy atom. The summed E-state index contributed by atoms with van der Waals surface area (Å²) in [6.45, 7) is 7.86. The molecule has 0 spiro atoms. The molecule has 1 amide bonds. The van der Waals surface area contributed by atoms with Gasteiger partial charge in [0.1, 0.15) is 11.6 Å². The Morgan fingerprint density at radius 2 is 1.86 bits per heavy atom. The molecule has 1 unspecified atom stereocenters. The molecule has 1 saturated heterocycles. The fourth-order valence-electron chi connectivity index (χ4n) is 2.17. The van der Waals surface area contributed by atoms with Crippen molar-refractivity contribution in [1.29, 1.82) is 0 Å². The zero-order chi connectivity index (χ0) is 16.3. The number of carbonyl (C=O) groups excluding carboxylic acids is 2. The van der Waals surface area contributed by atoms with Crippen molar-refractivity contribution in [3.05, 3.63) is 0 Å². The number of carbonyl (C=O) groups is 2. The molecule has 0 radical (unpaired) electrons. The molecule has 122 valence electrons. The van der Waals surface area contributed by atoms with E-state index in [4.69, 9.17) is 15.2 Å². The Balaban J connectivity index is 2.58. The summed E-state index contributed by atoms with van der Waals surface area (Å²) >= 11 is 0. The molecular weight excluding hydrogens is 276 g/mol. The molecule has 3 N–H and O–H groups in total. The average Bonchev–Trinajstić information content (AvgIpc) is 2.36. The fraction of sp³-hybridized carbons (Fsp3) is 0.857. The predicted octanol–water partition coefficient (Wildman–Crippen LogP) is 0.639. The Bertz CT molecular complexity index is 383. The predicted molar refractivity (Wildman–Crippen MR) is 76.6 cm³/mol. The van der Waals surface area contributed by atoms with Crippen molar-refractivity contribution in [1.82, 2.24) is 4.90 Å². The lowest BCUT2D eigenvalue weighted by Crippen LogP contribution is -2.59. The van der Waals surface area contributed by atoms with Crippen LogP contribution in [0, 0.1) is 0 Å². The first-order chi connectivity index (χ1) is 9.59. The van der Waals surface area contributed by atoms with Crippen LogP contribution in [0.15, 0.2) is 0 Å². The summed E-state index contributed by atoms with van der Waals surface area (Å²) in [5.74, 6) is -0.620. The van der Waals surface area contributed by atoms with Crippen LogP contribution in [-0.2, 0) is 14.3 Å². The maximum Gasteiger partial charge on any atom is 0.410 e. The Labute approximate surface area is 125 Å². The molecule has 0 bridgehead atoms. The van der Waals surface area contributed by atoms with Gasteiger partial charge in [0.2, 0.25) is 0 Å². The van der Waals surface area contributed by atoms with Crippen molar-refractivity contribution in [3.8, 4) is 0 Å². The van der Waals surface area contributed by atoms with Crippen LogP contribution in [0.4, 0.5) is 4.79 Å². The molecule has 21 heavy (non-hydrogen) atoms. The smallest absolute Gasteiger partial charge is 0.410 e. The number of ether oxygens (including phenoxy) is 2. The van der Waals surface area contributed by atoms with Crippen LogP contribution < -0.4 is 5.73 Å². The van der Waals surface area contributed by atoms with Crippen LogP contribution in [-0.4, -0.2) is 59.0 Å². The van der Waals surface area contributed by atoms with Gasteiger partial charge in [-0.05, 0) is 40.5 Å². The number of likely N-dealkylation sites (tertiary alicyclic amines) is 1. The topological polar surface area (TPSA) is 102 Å². The van der Waals surface area contributed by atoms with Gasteiger partial charge in [-0.25, -0.2) is 4.79 Å². The highest BCUT2D eigenvalue weighted by Gasteiger charge is 2.43. The molecule has 7 heteroatoms. The quantitative estimate of drug-likeness (QED) is 0.742. The van der Waals surface area contributed by atoms with Crippen molar-refractivity contribution in [2.75, 3.05) is 19.7 Å². The van der Waals surface area contributed by atoms with E-state index >= 15 is 0 Å². The van der Waals surface area contributed by atoms with Crippen LogP contribution >= 0.6 is 0 Å². The van der Waals surface area contributed by atoms with Gasteiger partial charge in [-0.2, -0.15) is 0 Å². The number of hydrogen-bond donors (Lipinski definition) is 2. The Hall–Kier alpha value is -1.34. The molecule has 1 atom stereocenters. The van der Waals surface area contributed by atoms with Gasteiger partial charge in [0.15, 0.2) is 0 Å². The largest absolute Gasteiger partial charge is 0.465 e. The zero-order valence-electron chi connectivity index (χ0n) is 13.2. The summed E-state index contributed by atoms with van der Waals surface area (Å²) in [4.78, 5) is 25.1. The second-order valence-electron chi connectivity index (χ2n) is 6.30. The summed E-state index contributed by atoms with van der Waals surface area (Å²) in [5.41, 5.74) is 3.87. The third kappa shape index (κ3) is 4.86. The van der Waals surface area contributed by atoms with Crippen LogP contribution in [0.2, 0.25) is 0 Å². The van der Waals surface area contributed by atoms with E-state index in [0.29, 0.717) is 13.1 Å². The molecule has 0 aromatic heterocycles. The molecule has 1 aliphatic rings. The summed E-state index contributed by atoms with van der Waals surface area (Å²) < 4.78 is 10.1. The van der Waals surface area contributed by atoms with Gasteiger partial charge >= 0.3 is 12.1 Å². The number of piperidine rings is 1. The Kier molecular flexibility index (Phi) is 5.58.